The predicted octanol–water partition coefficient (Wildman–Crippen LogP) is 5.26. The predicted molar refractivity (Wildman–Crippen MR) is 154 cm³/mol. The molecule has 2 atom stereocenters. The summed E-state index contributed by atoms with van der Waals surface area (Å²) in [5.74, 6) is -0.241. The van der Waals surface area contributed by atoms with E-state index in [1.807, 2.05) is 35.2 Å². The average Bonchev–Trinajstić information content (AvgIpc) is 3.38. The molecule has 3 heterocycles. The number of carbonyl (C=O) groups is 3. The molecule has 1 aromatic heterocycles. The average molecular weight is 587 g/mol. The number of rotatable bonds is 6. The number of halogens is 2. The van der Waals surface area contributed by atoms with Crippen LogP contribution in [-0.2, 0) is 20.9 Å². The van der Waals surface area contributed by atoms with Crippen molar-refractivity contribution in [1.82, 2.24) is 15.1 Å². The van der Waals surface area contributed by atoms with Gasteiger partial charge in [-0.3, -0.25) is 14.4 Å². The highest BCUT2D eigenvalue weighted by molar-refractivity contribution is 6.42. The van der Waals surface area contributed by atoms with Crippen LogP contribution in [0.2, 0.25) is 10.0 Å². The van der Waals surface area contributed by atoms with Crippen LogP contribution in [-0.4, -0.2) is 66.9 Å². The van der Waals surface area contributed by atoms with E-state index in [4.69, 9.17) is 32.4 Å². The van der Waals surface area contributed by atoms with E-state index < -0.39 is 0 Å². The maximum absolute atomic E-state index is 13.5. The second-order valence-corrected chi connectivity index (χ2v) is 11.4. The van der Waals surface area contributed by atoms with Crippen LogP contribution >= 0.6 is 23.2 Å². The van der Waals surface area contributed by atoms with Crippen LogP contribution in [0, 0.1) is 5.92 Å². The van der Waals surface area contributed by atoms with Gasteiger partial charge in [-0.2, -0.15) is 0 Å². The second kappa shape index (κ2) is 12.2. The van der Waals surface area contributed by atoms with Gasteiger partial charge in [0, 0.05) is 63.5 Å². The Morgan fingerprint density at radius 3 is 2.42 bits per heavy atom. The summed E-state index contributed by atoms with van der Waals surface area (Å²) in [6.45, 7) is 4.19. The smallest absolute Gasteiger partial charge is 0.287 e. The van der Waals surface area contributed by atoms with Crippen LogP contribution in [0.3, 0.4) is 0 Å². The zero-order valence-corrected chi connectivity index (χ0v) is 24.1. The third-order valence-electron chi connectivity index (χ3n) is 8.02. The van der Waals surface area contributed by atoms with Crippen molar-refractivity contribution in [2.75, 3.05) is 33.3 Å². The van der Waals surface area contributed by atoms with Crippen molar-refractivity contribution >= 4 is 51.9 Å². The van der Waals surface area contributed by atoms with E-state index in [1.165, 1.54) is 0 Å². The zero-order valence-electron chi connectivity index (χ0n) is 22.6. The number of methoxy groups -OCH3 is 1. The van der Waals surface area contributed by atoms with E-state index in [-0.39, 0.29) is 41.4 Å². The molecule has 3 aromatic rings. The van der Waals surface area contributed by atoms with Gasteiger partial charge < -0.3 is 24.3 Å². The fourth-order valence-corrected chi connectivity index (χ4v) is 6.11. The highest BCUT2D eigenvalue weighted by Gasteiger charge is 2.37. The standard InChI is InChI=1S/C30H33Cl2N3O5/c1-18(36)34-10-7-20(8-11-34)30(38)35-12-9-26(23(16-35)21-4-5-24(31)25(32)14-21)33-29(37)28-15-22-13-19(17-39-2)3-6-27(22)40-28/h3-6,13-15,20,23,26H,7-12,16-17H2,1-2H3,(H,33,37). The molecule has 2 aliphatic heterocycles. The summed E-state index contributed by atoms with van der Waals surface area (Å²) in [6, 6.07) is 12.6. The number of hydrogen-bond donors (Lipinski definition) is 1. The molecule has 0 bridgehead atoms. The summed E-state index contributed by atoms with van der Waals surface area (Å²) < 4.78 is 11.1. The van der Waals surface area contributed by atoms with Crippen molar-refractivity contribution in [3.63, 3.8) is 0 Å². The van der Waals surface area contributed by atoms with Crippen LogP contribution in [0.25, 0.3) is 11.0 Å². The van der Waals surface area contributed by atoms with E-state index in [2.05, 4.69) is 5.32 Å². The molecule has 40 heavy (non-hydrogen) atoms. The monoisotopic (exact) mass is 585 g/mol. The van der Waals surface area contributed by atoms with Gasteiger partial charge in [-0.1, -0.05) is 35.3 Å². The van der Waals surface area contributed by atoms with Gasteiger partial charge in [0.05, 0.1) is 16.7 Å². The van der Waals surface area contributed by atoms with Crippen LogP contribution in [0.4, 0.5) is 0 Å². The maximum atomic E-state index is 13.5. The van der Waals surface area contributed by atoms with Gasteiger partial charge in [0.1, 0.15) is 5.58 Å². The molecule has 2 saturated heterocycles. The molecule has 8 nitrogen and oxygen atoms in total. The molecular weight excluding hydrogens is 553 g/mol. The summed E-state index contributed by atoms with van der Waals surface area (Å²) in [4.78, 5) is 42.3. The molecule has 2 aromatic carbocycles. The molecule has 2 aliphatic rings. The first kappa shape index (κ1) is 28.5. The maximum Gasteiger partial charge on any atom is 0.287 e. The summed E-state index contributed by atoms with van der Waals surface area (Å²) >= 11 is 12.6. The molecule has 1 N–H and O–H groups in total. The van der Waals surface area contributed by atoms with Crippen molar-refractivity contribution in [3.05, 3.63) is 69.4 Å². The molecule has 2 fully saturated rings. The van der Waals surface area contributed by atoms with Crippen molar-refractivity contribution < 1.29 is 23.5 Å². The number of fused-ring (bicyclic) bond motifs is 1. The summed E-state index contributed by atoms with van der Waals surface area (Å²) in [6.07, 6.45) is 1.89. The van der Waals surface area contributed by atoms with Crippen LogP contribution in [0.15, 0.2) is 46.9 Å². The third kappa shape index (κ3) is 6.14. The summed E-state index contributed by atoms with van der Waals surface area (Å²) in [7, 11) is 1.64. The number of amides is 3. The minimum Gasteiger partial charge on any atom is -0.451 e. The van der Waals surface area contributed by atoms with E-state index in [0.29, 0.717) is 67.7 Å². The lowest BCUT2D eigenvalue weighted by Crippen LogP contribution is -2.53. The second-order valence-electron chi connectivity index (χ2n) is 10.6. The Balaban J connectivity index is 1.33. The fraction of sp³-hybridized carbons (Fsp3) is 0.433. The zero-order chi connectivity index (χ0) is 28.4. The van der Waals surface area contributed by atoms with Crippen LogP contribution < -0.4 is 5.32 Å². The van der Waals surface area contributed by atoms with Gasteiger partial charge in [0.25, 0.3) is 5.91 Å². The van der Waals surface area contributed by atoms with Crippen LogP contribution in [0.1, 0.15) is 53.8 Å². The molecule has 0 spiro atoms. The van der Waals surface area contributed by atoms with E-state index >= 15 is 0 Å². The Bertz CT molecular complexity index is 1420. The Kier molecular flexibility index (Phi) is 8.68. The number of ether oxygens (including phenoxy) is 1. The first-order chi connectivity index (χ1) is 19.2. The normalized spacial score (nSPS) is 20.1. The van der Waals surface area contributed by atoms with Gasteiger partial charge in [-0.05, 0) is 60.7 Å². The summed E-state index contributed by atoms with van der Waals surface area (Å²) in [5, 5.41) is 4.86. The highest BCUT2D eigenvalue weighted by atomic mass is 35.5. The minimum atomic E-state index is -0.309. The molecule has 3 amide bonds. The largest absolute Gasteiger partial charge is 0.451 e. The molecule has 0 saturated carbocycles. The fourth-order valence-electron chi connectivity index (χ4n) is 5.81. The summed E-state index contributed by atoms with van der Waals surface area (Å²) in [5.41, 5.74) is 2.52. The van der Waals surface area contributed by atoms with Gasteiger partial charge in [-0.15, -0.1) is 0 Å². The first-order valence-corrected chi connectivity index (χ1v) is 14.3. The first-order valence-electron chi connectivity index (χ1n) is 13.5. The number of piperidine rings is 2. The third-order valence-corrected chi connectivity index (χ3v) is 8.76. The van der Waals surface area contributed by atoms with Gasteiger partial charge >= 0.3 is 0 Å². The minimum absolute atomic E-state index is 0.0435. The molecule has 0 radical (unpaired) electrons. The van der Waals surface area contributed by atoms with Gasteiger partial charge in [0.2, 0.25) is 11.8 Å². The SMILES string of the molecule is COCc1ccc2oc(C(=O)NC3CCN(C(=O)C4CCN(C(C)=O)CC4)CC3c3ccc(Cl)c(Cl)c3)cc2c1. The van der Waals surface area contributed by atoms with E-state index in [9.17, 15) is 14.4 Å². The van der Waals surface area contributed by atoms with E-state index in [1.54, 1.807) is 31.1 Å². The lowest BCUT2D eigenvalue weighted by molar-refractivity contribution is -0.141. The van der Waals surface area contributed by atoms with Crippen LogP contribution in [0.5, 0.6) is 0 Å². The lowest BCUT2D eigenvalue weighted by atomic mass is 9.84. The Morgan fingerprint density at radius 1 is 0.975 bits per heavy atom. The van der Waals surface area contributed by atoms with Crippen molar-refractivity contribution in [1.29, 1.82) is 0 Å². The molecule has 2 unspecified atom stereocenters. The number of carbonyl (C=O) groups excluding carboxylic acids is 3. The highest BCUT2D eigenvalue weighted by Crippen LogP contribution is 2.34. The quantitative estimate of drug-likeness (QED) is 0.426. The van der Waals surface area contributed by atoms with Crippen molar-refractivity contribution in [2.24, 2.45) is 5.92 Å². The molecule has 212 valence electrons. The van der Waals surface area contributed by atoms with Crippen molar-refractivity contribution in [3.8, 4) is 0 Å². The molecule has 5 rings (SSSR count). The number of nitrogens with zero attached hydrogens (tertiary/aromatic N) is 2. The van der Waals surface area contributed by atoms with Gasteiger partial charge in [-0.25, -0.2) is 0 Å². The Morgan fingerprint density at radius 2 is 1.73 bits per heavy atom. The number of hydrogen-bond acceptors (Lipinski definition) is 5. The number of benzene rings is 2. The van der Waals surface area contributed by atoms with Crippen molar-refractivity contribution in [2.45, 2.75) is 44.8 Å². The Hall–Kier alpha value is -3.07. The molecule has 0 aliphatic carbocycles. The van der Waals surface area contributed by atoms with E-state index in [0.717, 1.165) is 16.5 Å². The number of nitrogens with one attached hydrogen (secondary N) is 1. The molecular formula is C30H33Cl2N3O5. The van der Waals surface area contributed by atoms with Gasteiger partial charge in [0.15, 0.2) is 5.76 Å². The number of furan rings is 1. The molecule has 10 heteroatoms. The Labute approximate surface area is 243 Å². The number of likely N-dealkylation sites (tertiary alicyclic amines) is 2. The topological polar surface area (TPSA) is 92.1 Å². The lowest BCUT2D eigenvalue weighted by Gasteiger charge is -2.41.